The molecular weight excluding hydrogens is 440 g/mol. The quantitative estimate of drug-likeness (QED) is 0.490. The van der Waals surface area contributed by atoms with Crippen molar-refractivity contribution in [1.82, 2.24) is 0 Å². The fraction of sp³-hybridized carbons (Fsp3) is 0.731. The molecule has 1 aromatic rings. The van der Waals surface area contributed by atoms with E-state index >= 15 is 0 Å². The second-order valence-corrected chi connectivity index (χ2v) is 12.2. The van der Waals surface area contributed by atoms with E-state index in [4.69, 9.17) is 18.6 Å². The average Bonchev–Trinajstić information content (AvgIpc) is 3.33. The van der Waals surface area contributed by atoms with Gasteiger partial charge in [-0.1, -0.05) is 13.8 Å². The van der Waals surface area contributed by atoms with Crippen molar-refractivity contribution in [2.45, 2.75) is 89.8 Å². The summed E-state index contributed by atoms with van der Waals surface area (Å²) in [6.07, 6.45) is 1.99. The molecule has 0 amide bonds. The first-order valence-corrected chi connectivity index (χ1v) is 12.2. The van der Waals surface area contributed by atoms with Crippen molar-refractivity contribution in [1.29, 1.82) is 0 Å². The molecule has 6 rings (SSSR count). The molecule has 34 heavy (non-hydrogen) atoms. The Morgan fingerprint density at radius 3 is 2.41 bits per heavy atom. The summed E-state index contributed by atoms with van der Waals surface area (Å²) in [4.78, 5) is 39.8. The minimum Gasteiger partial charge on any atom is -0.472 e. The zero-order valence-electron chi connectivity index (χ0n) is 20.3. The minimum atomic E-state index is -1.05. The maximum absolute atomic E-state index is 14.2. The van der Waals surface area contributed by atoms with Gasteiger partial charge in [-0.05, 0) is 45.6 Å². The molecule has 1 N–H and O–H groups in total. The zero-order valence-corrected chi connectivity index (χ0v) is 20.3. The number of rotatable bonds is 1. The molecule has 5 fully saturated rings. The SMILES string of the molecule is CC1(C)OC(=O)CC(O)[C@@]2(C)C1CC(=O)[C@]1(C)C2CC[C@@]2(C)[C@H](c3ccoc3)OC(=O)C3O[C@]321. The van der Waals surface area contributed by atoms with Gasteiger partial charge in [0.1, 0.15) is 23.1 Å². The second-order valence-electron chi connectivity index (χ2n) is 12.2. The van der Waals surface area contributed by atoms with Crippen LogP contribution in [0.3, 0.4) is 0 Å². The Bertz CT molecular complexity index is 1090. The van der Waals surface area contributed by atoms with Gasteiger partial charge in [0, 0.05) is 28.7 Å². The molecule has 8 nitrogen and oxygen atoms in total. The van der Waals surface area contributed by atoms with E-state index in [1.54, 1.807) is 18.6 Å². The number of carbonyl (C=O) groups is 3. The summed E-state index contributed by atoms with van der Waals surface area (Å²) in [5, 5.41) is 11.4. The lowest BCUT2D eigenvalue weighted by atomic mass is 9.37. The third-order valence-electron chi connectivity index (χ3n) is 10.5. The molecule has 4 heterocycles. The van der Waals surface area contributed by atoms with Crippen LogP contribution in [0.2, 0.25) is 0 Å². The van der Waals surface area contributed by atoms with Crippen LogP contribution < -0.4 is 0 Å². The molecule has 2 aliphatic carbocycles. The van der Waals surface area contributed by atoms with Crippen LogP contribution in [0.5, 0.6) is 0 Å². The van der Waals surface area contributed by atoms with Crippen molar-refractivity contribution in [3.63, 3.8) is 0 Å². The van der Waals surface area contributed by atoms with Crippen LogP contribution in [0.25, 0.3) is 0 Å². The molecule has 2 saturated carbocycles. The molecule has 1 spiro atoms. The molecule has 184 valence electrons. The maximum atomic E-state index is 14.2. The predicted octanol–water partition coefficient (Wildman–Crippen LogP) is 3.12. The summed E-state index contributed by atoms with van der Waals surface area (Å²) >= 11 is 0. The second kappa shape index (κ2) is 6.32. The number of Topliss-reactive ketones (excluding diaryl/α,β-unsaturated/α-hetero) is 1. The molecule has 9 atom stereocenters. The highest BCUT2D eigenvalue weighted by Crippen LogP contribution is 2.78. The van der Waals surface area contributed by atoms with Crippen LogP contribution in [0.1, 0.15) is 72.0 Å². The number of fused-ring (bicyclic) bond motifs is 3. The number of aliphatic hydroxyl groups excluding tert-OH is 1. The topological polar surface area (TPSA) is 116 Å². The van der Waals surface area contributed by atoms with Crippen molar-refractivity contribution < 1.29 is 38.1 Å². The fourth-order valence-corrected chi connectivity index (χ4v) is 8.90. The molecule has 4 unspecified atom stereocenters. The lowest BCUT2D eigenvalue weighted by Gasteiger charge is -2.66. The van der Waals surface area contributed by atoms with Gasteiger partial charge in [-0.25, -0.2) is 4.79 Å². The number of hydrogen-bond acceptors (Lipinski definition) is 8. The van der Waals surface area contributed by atoms with Gasteiger partial charge in [-0.2, -0.15) is 0 Å². The van der Waals surface area contributed by atoms with E-state index in [9.17, 15) is 19.5 Å². The Balaban J connectivity index is 1.53. The Kier molecular flexibility index (Phi) is 4.14. The van der Waals surface area contributed by atoms with Gasteiger partial charge >= 0.3 is 11.9 Å². The highest BCUT2D eigenvalue weighted by Gasteiger charge is 2.88. The van der Waals surface area contributed by atoms with Crippen LogP contribution in [-0.4, -0.2) is 46.2 Å². The van der Waals surface area contributed by atoms with E-state index in [-0.39, 0.29) is 30.5 Å². The normalized spacial score (nSPS) is 51.1. The van der Waals surface area contributed by atoms with E-state index in [1.807, 2.05) is 34.6 Å². The van der Waals surface area contributed by atoms with E-state index in [1.165, 1.54) is 0 Å². The number of hydrogen-bond donors (Lipinski definition) is 1. The molecule has 3 aliphatic heterocycles. The van der Waals surface area contributed by atoms with Crippen molar-refractivity contribution in [3.8, 4) is 0 Å². The van der Waals surface area contributed by atoms with Gasteiger partial charge in [-0.3, -0.25) is 9.59 Å². The molecule has 0 radical (unpaired) electrons. The number of carbonyl (C=O) groups excluding carboxylic acids is 3. The largest absolute Gasteiger partial charge is 0.472 e. The van der Waals surface area contributed by atoms with Crippen molar-refractivity contribution in [2.24, 2.45) is 28.1 Å². The van der Waals surface area contributed by atoms with Gasteiger partial charge < -0.3 is 23.7 Å². The van der Waals surface area contributed by atoms with Gasteiger partial charge in [0.25, 0.3) is 0 Å². The van der Waals surface area contributed by atoms with Crippen LogP contribution in [-0.2, 0) is 28.6 Å². The van der Waals surface area contributed by atoms with Crippen LogP contribution in [0, 0.1) is 28.1 Å². The van der Waals surface area contributed by atoms with Crippen molar-refractivity contribution in [2.75, 3.05) is 0 Å². The van der Waals surface area contributed by atoms with Gasteiger partial charge in [0.15, 0.2) is 6.10 Å². The number of ketones is 1. The summed E-state index contributed by atoms with van der Waals surface area (Å²) in [7, 11) is 0. The number of esters is 2. The van der Waals surface area contributed by atoms with Crippen molar-refractivity contribution >= 4 is 17.7 Å². The third kappa shape index (κ3) is 2.25. The van der Waals surface area contributed by atoms with E-state index in [2.05, 4.69) is 0 Å². The van der Waals surface area contributed by atoms with E-state index < -0.39 is 57.7 Å². The first kappa shape index (κ1) is 22.3. The number of furan rings is 1. The zero-order chi connectivity index (χ0) is 24.5. The first-order chi connectivity index (χ1) is 15.8. The van der Waals surface area contributed by atoms with Gasteiger partial charge in [0.05, 0.1) is 30.5 Å². The summed E-state index contributed by atoms with van der Waals surface area (Å²) < 4.78 is 23.2. The number of cyclic esters (lactones) is 2. The Morgan fingerprint density at radius 1 is 1.00 bits per heavy atom. The van der Waals surface area contributed by atoms with E-state index in [0.29, 0.717) is 12.8 Å². The summed E-state index contributed by atoms with van der Waals surface area (Å²) in [6.45, 7) is 9.61. The molecule has 1 aromatic heterocycles. The highest BCUT2D eigenvalue weighted by atomic mass is 16.7. The molecular formula is C26H32O8. The lowest BCUT2D eigenvalue weighted by Crippen LogP contribution is -2.72. The number of ether oxygens (including phenoxy) is 3. The Labute approximate surface area is 198 Å². The Morgan fingerprint density at radius 2 is 1.74 bits per heavy atom. The van der Waals surface area contributed by atoms with Crippen LogP contribution >= 0.6 is 0 Å². The van der Waals surface area contributed by atoms with Gasteiger partial charge in [-0.15, -0.1) is 0 Å². The molecule has 0 aromatic carbocycles. The summed E-state index contributed by atoms with van der Waals surface area (Å²) in [5.74, 6) is -1.59. The van der Waals surface area contributed by atoms with Crippen LogP contribution in [0.15, 0.2) is 23.0 Å². The average molecular weight is 473 g/mol. The first-order valence-electron chi connectivity index (χ1n) is 12.2. The van der Waals surface area contributed by atoms with Gasteiger partial charge in [0.2, 0.25) is 0 Å². The summed E-state index contributed by atoms with van der Waals surface area (Å²) in [5.41, 5.74) is -3.69. The lowest BCUT2D eigenvalue weighted by molar-refractivity contribution is -0.231. The molecule has 8 heteroatoms. The fourth-order valence-electron chi connectivity index (χ4n) is 8.90. The number of aliphatic hydroxyl groups is 1. The van der Waals surface area contributed by atoms with Crippen molar-refractivity contribution in [3.05, 3.63) is 24.2 Å². The molecule has 0 bridgehead atoms. The van der Waals surface area contributed by atoms with Crippen LogP contribution in [0.4, 0.5) is 0 Å². The number of epoxide rings is 1. The smallest absolute Gasteiger partial charge is 0.339 e. The summed E-state index contributed by atoms with van der Waals surface area (Å²) in [6, 6.07) is 1.79. The monoisotopic (exact) mass is 472 g/mol. The van der Waals surface area contributed by atoms with E-state index in [0.717, 1.165) is 5.56 Å². The molecule has 5 aliphatic rings. The molecule has 3 saturated heterocycles. The predicted molar refractivity (Wildman–Crippen MR) is 116 cm³/mol. The minimum absolute atomic E-state index is 0.00716. The Hall–Kier alpha value is -2.19. The third-order valence-corrected chi connectivity index (χ3v) is 10.5. The highest BCUT2D eigenvalue weighted by molar-refractivity contribution is 5.93. The maximum Gasteiger partial charge on any atom is 0.339 e. The standard InChI is InChI=1S/C26H32O8/c1-22(2)15-10-17(28)25(5)14(24(15,4)16(27)11-18(29)33-22)6-8-23(3)19(13-7-9-31-12-13)32-21(30)20-26(23,25)34-20/h7,9,12,14-16,19-20,27H,6,8,10-11H2,1-5H3/t14?,15?,16?,19-,20?,23-,24+,25-,26+/m0/s1.